The third-order valence-corrected chi connectivity index (χ3v) is 6.21. The second-order valence-corrected chi connectivity index (χ2v) is 8.71. The second-order valence-electron chi connectivity index (χ2n) is 8.71. The number of carbonyl (C=O) groups is 3. The number of ketones is 1. The van der Waals surface area contributed by atoms with E-state index in [4.69, 9.17) is 14.2 Å². The first kappa shape index (κ1) is 23.8. The van der Waals surface area contributed by atoms with Crippen molar-refractivity contribution in [2.75, 3.05) is 13.2 Å². The Bertz CT molecular complexity index is 545. The lowest BCUT2D eigenvalue weighted by Gasteiger charge is -2.21. The molecule has 29 heavy (non-hydrogen) atoms. The van der Waals surface area contributed by atoms with E-state index in [1.807, 2.05) is 0 Å². The first-order valence-electron chi connectivity index (χ1n) is 11.4. The predicted molar refractivity (Wildman–Crippen MR) is 109 cm³/mol. The zero-order valence-corrected chi connectivity index (χ0v) is 18.3. The van der Waals surface area contributed by atoms with Gasteiger partial charge in [-0.15, -0.1) is 0 Å². The molecule has 2 fully saturated rings. The summed E-state index contributed by atoms with van der Waals surface area (Å²) in [6, 6.07) is 0. The molecule has 2 aliphatic rings. The Balaban J connectivity index is 1.74. The quantitative estimate of drug-likeness (QED) is 0.315. The van der Waals surface area contributed by atoms with Crippen molar-refractivity contribution in [3.63, 3.8) is 0 Å². The molecule has 1 saturated carbocycles. The van der Waals surface area contributed by atoms with Crippen LogP contribution in [-0.4, -0.2) is 43.1 Å². The Kier molecular flexibility index (Phi) is 10.1. The number of epoxide rings is 1. The van der Waals surface area contributed by atoms with Crippen molar-refractivity contribution in [2.45, 2.75) is 97.2 Å². The van der Waals surface area contributed by atoms with Gasteiger partial charge in [-0.3, -0.25) is 9.59 Å². The van der Waals surface area contributed by atoms with Gasteiger partial charge >= 0.3 is 11.9 Å². The lowest BCUT2D eigenvalue weighted by Crippen LogP contribution is -2.27. The van der Waals surface area contributed by atoms with Gasteiger partial charge in [-0.05, 0) is 51.4 Å². The Labute approximate surface area is 175 Å². The van der Waals surface area contributed by atoms with Crippen LogP contribution in [0.25, 0.3) is 0 Å². The maximum atomic E-state index is 12.6. The van der Waals surface area contributed by atoms with E-state index in [0.717, 1.165) is 51.4 Å². The average molecular weight is 411 g/mol. The summed E-state index contributed by atoms with van der Waals surface area (Å²) in [6.07, 6.45) is 9.64. The number of ether oxygens (including phenoxy) is 3. The molecule has 166 valence electrons. The van der Waals surface area contributed by atoms with Crippen molar-refractivity contribution in [1.82, 2.24) is 0 Å². The molecule has 0 bridgehead atoms. The van der Waals surface area contributed by atoms with Gasteiger partial charge in [0.2, 0.25) is 0 Å². The van der Waals surface area contributed by atoms with Gasteiger partial charge in [0.25, 0.3) is 0 Å². The zero-order chi connectivity index (χ0) is 21.2. The summed E-state index contributed by atoms with van der Waals surface area (Å²) in [5, 5.41) is 0. The Hall–Kier alpha value is -1.43. The van der Waals surface area contributed by atoms with Crippen LogP contribution >= 0.6 is 0 Å². The summed E-state index contributed by atoms with van der Waals surface area (Å²) in [5.74, 6) is -0.871. The van der Waals surface area contributed by atoms with Gasteiger partial charge < -0.3 is 14.2 Å². The van der Waals surface area contributed by atoms with E-state index in [1.165, 1.54) is 0 Å². The fourth-order valence-corrected chi connectivity index (χ4v) is 4.20. The van der Waals surface area contributed by atoms with Crippen molar-refractivity contribution in [1.29, 1.82) is 0 Å². The highest BCUT2D eigenvalue weighted by Gasteiger charge is 2.44. The third-order valence-electron chi connectivity index (χ3n) is 6.21. The number of unbranched alkanes of at least 4 members (excludes halogenated alkanes) is 2. The minimum absolute atomic E-state index is 0.115. The molecule has 1 aliphatic heterocycles. The number of carbonyl (C=O) groups excluding carboxylic acids is 3. The van der Waals surface area contributed by atoms with E-state index >= 15 is 0 Å². The Morgan fingerprint density at radius 2 is 1.66 bits per heavy atom. The molecule has 0 spiro atoms. The van der Waals surface area contributed by atoms with Crippen LogP contribution in [-0.2, 0) is 28.6 Å². The van der Waals surface area contributed by atoms with Gasteiger partial charge in [0.15, 0.2) is 6.61 Å². The standard InChI is InChI=1S/C23H38O6/c1-4-6-8-18(16(3)24)13-19(9-7-5-2)23(26)28-15-22(25)27-14-17-10-11-20-21(12-17)29-20/h17-21H,4-15H2,1-3H3. The van der Waals surface area contributed by atoms with E-state index in [2.05, 4.69) is 13.8 Å². The fraction of sp³-hybridized carbons (Fsp3) is 0.870. The van der Waals surface area contributed by atoms with Crippen molar-refractivity contribution in [2.24, 2.45) is 17.8 Å². The minimum Gasteiger partial charge on any atom is -0.463 e. The van der Waals surface area contributed by atoms with Crippen molar-refractivity contribution >= 4 is 17.7 Å². The van der Waals surface area contributed by atoms with Crippen molar-refractivity contribution < 1.29 is 28.6 Å². The van der Waals surface area contributed by atoms with E-state index in [-0.39, 0.29) is 30.2 Å². The van der Waals surface area contributed by atoms with E-state index < -0.39 is 5.97 Å². The molecule has 0 amide bonds. The molecule has 0 aromatic carbocycles. The van der Waals surface area contributed by atoms with Crippen LogP contribution < -0.4 is 0 Å². The molecule has 2 rings (SSSR count). The predicted octanol–water partition coefficient (Wildman–Crippen LogP) is 4.23. The van der Waals surface area contributed by atoms with Crippen LogP contribution in [0.1, 0.15) is 85.0 Å². The smallest absolute Gasteiger partial charge is 0.344 e. The molecule has 6 heteroatoms. The second kappa shape index (κ2) is 12.3. The number of hydrogen-bond acceptors (Lipinski definition) is 6. The van der Waals surface area contributed by atoms with Crippen LogP contribution in [0.15, 0.2) is 0 Å². The molecular formula is C23H38O6. The Morgan fingerprint density at radius 1 is 0.966 bits per heavy atom. The molecule has 0 radical (unpaired) electrons. The van der Waals surface area contributed by atoms with Gasteiger partial charge in [0, 0.05) is 5.92 Å². The molecule has 0 aromatic heterocycles. The van der Waals surface area contributed by atoms with Gasteiger partial charge in [0.05, 0.1) is 24.7 Å². The summed E-state index contributed by atoms with van der Waals surface area (Å²) >= 11 is 0. The number of rotatable bonds is 14. The summed E-state index contributed by atoms with van der Waals surface area (Å²) in [4.78, 5) is 36.6. The number of hydrogen-bond donors (Lipinski definition) is 0. The SMILES string of the molecule is CCCCC(CC(CCCC)C(=O)OCC(=O)OCC1CCC2OC2C1)C(C)=O. The first-order chi connectivity index (χ1) is 13.9. The third kappa shape index (κ3) is 8.45. The number of esters is 2. The van der Waals surface area contributed by atoms with E-state index in [0.29, 0.717) is 37.6 Å². The largest absolute Gasteiger partial charge is 0.463 e. The molecule has 6 nitrogen and oxygen atoms in total. The molecule has 0 aromatic rings. The van der Waals surface area contributed by atoms with Crippen LogP contribution in [0.5, 0.6) is 0 Å². The molecule has 5 unspecified atom stereocenters. The van der Waals surface area contributed by atoms with Crippen molar-refractivity contribution in [3.8, 4) is 0 Å². The van der Waals surface area contributed by atoms with Gasteiger partial charge in [-0.1, -0.05) is 39.5 Å². The number of Topliss-reactive ketones (excluding diaryl/α,β-unsaturated/α-hetero) is 1. The van der Waals surface area contributed by atoms with Crippen LogP contribution in [0.4, 0.5) is 0 Å². The number of fused-ring (bicyclic) bond motifs is 1. The average Bonchev–Trinajstić information content (AvgIpc) is 3.48. The topological polar surface area (TPSA) is 82.2 Å². The van der Waals surface area contributed by atoms with E-state index in [9.17, 15) is 14.4 Å². The van der Waals surface area contributed by atoms with Crippen LogP contribution in [0.3, 0.4) is 0 Å². The molecular weight excluding hydrogens is 372 g/mol. The highest BCUT2D eigenvalue weighted by molar-refractivity contribution is 5.80. The molecule has 5 atom stereocenters. The van der Waals surface area contributed by atoms with Gasteiger partial charge in [0.1, 0.15) is 5.78 Å². The highest BCUT2D eigenvalue weighted by atomic mass is 16.6. The lowest BCUT2D eigenvalue weighted by molar-refractivity contribution is -0.162. The molecule has 1 aliphatic carbocycles. The van der Waals surface area contributed by atoms with E-state index in [1.54, 1.807) is 6.92 Å². The van der Waals surface area contributed by atoms with Crippen LogP contribution in [0.2, 0.25) is 0 Å². The summed E-state index contributed by atoms with van der Waals surface area (Å²) in [5.41, 5.74) is 0. The lowest BCUT2D eigenvalue weighted by atomic mass is 9.85. The first-order valence-corrected chi connectivity index (χ1v) is 11.4. The normalized spacial score (nSPS) is 24.9. The van der Waals surface area contributed by atoms with Gasteiger partial charge in [-0.2, -0.15) is 0 Å². The fourth-order valence-electron chi connectivity index (χ4n) is 4.20. The minimum atomic E-state index is -0.500. The van der Waals surface area contributed by atoms with Crippen LogP contribution in [0, 0.1) is 17.8 Å². The van der Waals surface area contributed by atoms with Gasteiger partial charge in [-0.25, -0.2) is 4.79 Å². The maximum Gasteiger partial charge on any atom is 0.344 e. The molecule has 1 heterocycles. The molecule has 0 N–H and O–H groups in total. The summed E-state index contributed by atoms with van der Waals surface area (Å²) in [7, 11) is 0. The Morgan fingerprint density at radius 3 is 2.28 bits per heavy atom. The van der Waals surface area contributed by atoms with Crippen molar-refractivity contribution in [3.05, 3.63) is 0 Å². The molecule has 1 saturated heterocycles. The summed E-state index contributed by atoms with van der Waals surface area (Å²) < 4.78 is 16.1. The zero-order valence-electron chi connectivity index (χ0n) is 18.3. The monoisotopic (exact) mass is 410 g/mol. The highest BCUT2D eigenvalue weighted by Crippen LogP contribution is 2.39. The summed E-state index contributed by atoms with van der Waals surface area (Å²) in [6.45, 7) is 5.77. The maximum absolute atomic E-state index is 12.6.